The lowest BCUT2D eigenvalue weighted by molar-refractivity contribution is -0.110. The zero-order valence-electron chi connectivity index (χ0n) is 22.1. The Bertz CT molecular complexity index is 1340. The molecule has 1 aliphatic heterocycles. The van der Waals surface area contributed by atoms with Gasteiger partial charge in [0.15, 0.2) is 5.71 Å². The number of oxime groups is 1. The van der Waals surface area contributed by atoms with Crippen molar-refractivity contribution < 1.29 is 29.0 Å². The van der Waals surface area contributed by atoms with Crippen molar-refractivity contribution in [2.75, 3.05) is 51.9 Å². The molecular weight excluding hydrogens is 506 g/mol. The van der Waals surface area contributed by atoms with Crippen molar-refractivity contribution in [3.63, 3.8) is 0 Å². The molecule has 0 bridgehead atoms. The minimum Gasteiger partial charge on any atom is -0.492 e. The number of hydrogen-bond donors (Lipinski definition) is 2. The molecule has 1 aliphatic rings. The van der Waals surface area contributed by atoms with Crippen molar-refractivity contribution in [3.8, 4) is 5.75 Å². The summed E-state index contributed by atoms with van der Waals surface area (Å²) < 4.78 is 16.4. The molecule has 10 heteroatoms. The van der Waals surface area contributed by atoms with Crippen LogP contribution in [0.1, 0.15) is 40.9 Å². The van der Waals surface area contributed by atoms with Gasteiger partial charge in [0.1, 0.15) is 17.2 Å². The molecule has 1 aromatic heterocycles. The molecule has 9 nitrogen and oxygen atoms in total. The fraction of sp³-hybridized carbons (Fsp3) is 0.393. The molecule has 1 amide bonds. The van der Waals surface area contributed by atoms with E-state index < -0.39 is 11.9 Å². The van der Waals surface area contributed by atoms with Crippen LogP contribution in [0.4, 0.5) is 5.69 Å². The molecule has 0 atom stereocenters. The highest BCUT2D eigenvalue weighted by atomic mass is 32.1. The number of amides is 1. The highest BCUT2D eigenvalue weighted by molar-refractivity contribution is 7.14. The Morgan fingerprint density at radius 3 is 2.50 bits per heavy atom. The first-order valence-electron chi connectivity index (χ1n) is 12.4. The molecule has 4 rings (SSSR count). The largest absolute Gasteiger partial charge is 0.492 e. The number of hydrogen-bond acceptors (Lipinski definition) is 9. The second-order valence-electron chi connectivity index (χ2n) is 9.96. The van der Waals surface area contributed by atoms with Gasteiger partial charge in [0, 0.05) is 35.5 Å². The Morgan fingerprint density at radius 2 is 1.84 bits per heavy atom. The van der Waals surface area contributed by atoms with Crippen LogP contribution in [-0.2, 0) is 19.7 Å². The second kappa shape index (κ2) is 11.9. The van der Waals surface area contributed by atoms with E-state index in [1.165, 1.54) is 18.4 Å². The molecule has 0 unspecified atom stereocenters. The smallest absolute Gasteiger partial charge is 0.350 e. The highest BCUT2D eigenvalue weighted by Gasteiger charge is 2.27. The average molecular weight is 540 g/mol. The van der Waals surface area contributed by atoms with E-state index in [1.54, 1.807) is 18.2 Å². The number of nitrogens with one attached hydrogen (secondary N) is 1. The van der Waals surface area contributed by atoms with Crippen LogP contribution in [0.3, 0.4) is 0 Å². The third-order valence-corrected chi connectivity index (χ3v) is 7.85. The van der Waals surface area contributed by atoms with E-state index in [1.807, 2.05) is 45.0 Å². The topological polar surface area (TPSA) is 110 Å². The Hall–Kier alpha value is -3.47. The first kappa shape index (κ1) is 27.6. The molecule has 2 N–H and O–H groups in total. The lowest BCUT2D eigenvalue weighted by Crippen LogP contribution is -2.38. The summed E-state index contributed by atoms with van der Waals surface area (Å²) >= 11 is 1.26. The summed E-state index contributed by atoms with van der Waals surface area (Å²) in [5, 5.41) is 17.5. The highest BCUT2D eigenvalue weighted by Crippen LogP contribution is 2.36. The van der Waals surface area contributed by atoms with E-state index in [0.717, 1.165) is 43.1 Å². The predicted octanol–water partition coefficient (Wildman–Crippen LogP) is 4.51. The minimum atomic E-state index is -0.651. The van der Waals surface area contributed by atoms with Crippen molar-refractivity contribution in [1.29, 1.82) is 0 Å². The molecular formula is C28H33N3O6S. The van der Waals surface area contributed by atoms with E-state index in [0.29, 0.717) is 29.0 Å². The molecule has 1 saturated heterocycles. The number of carbonyl (C=O) groups excluding carboxylic acids is 2. The number of benzene rings is 2. The molecule has 1 fully saturated rings. The first-order chi connectivity index (χ1) is 18.2. The Morgan fingerprint density at radius 1 is 1.13 bits per heavy atom. The van der Waals surface area contributed by atoms with Gasteiger partial charge in [-0.05, 0) is 29.0 Å². The molecule has 0 radical (unpaired) electrons. The third kappa shape index (κ3) is 6.15. The van der Waals surface area contributed by atoms with Crippen molar-refractivity contribution in [3.05, 3.63) is 57.8 Å². The molecule has 0 aliphatic carbocycles. The van der Waals surface area contributed by atoms with E-state index >= 15 is 0 Å². The van der Waals surface area contributed by atoms with E-state index in [4.69, 9.17) is 14.2 Å². The molecule has 0 saturated carbocycles. The normalized spacial score (nSPS) is 14.9. The number of anilines is 1. The Labute approximate surface area is 226 Å². The summed E-state index contributed by atoms with van der Waals surface area (Å²) in [6, 6.07) is 12.7. The number of thiophene rings is 1. The van der Waals surface area contributed by atoms with Crippen LogP contribution < -0.4 is 10.1 Å². The number of carbonyl (C=O) groups is 2. The van der Waals surface area contributed by atoms with Gasteiger partial charge in [0.25, 0.3) is 5.91 Å². The quantitative estimate of drug-likeness (QED) is 0.188. The number of nitrogens with zero attached hydrogens (tertiary/aromatic N) is 2. The average Bonchev–Trinajstić information content (AvgIpc) is 3.34. The van der Waals surface area contributed by atoms with E-state index in [2.05, 4.69) is 15.4 Å². The molecule has 38 heavy (non-hydrogen) atoms. The van der Waals surface area contributed by atoms with Crippen LogP contribution in [-0.4, -0.2) is 74.3 Å². The van der Waals surface area contributed by atoms with Gasteiger partial charge in [0.05, 0.1) is 26.0 Å². The summed E-state index contributed by atoms with van der Waals surface area (Å²) in [4.78, 5) is 29.2. The van der Waals surface area contributed by atoms with Crippen LogP contribution in [0.5, 0.6) is 5.75 Å². The molecule has 0 spiro atoms. The molecule has 2 heterocycles. The Kier molecular flexibility index (Phi) is 8.65. The maximum absolute atomic E-state index is 13.3. The van der Waals surface area contributed by atoms with Gasteiger partial charge in [-0.25, -0.2) is 4.79 Å². The molecule has 3 aromatic rings. The third-order valence-electron chi connectivity index (χ3n) is 6.31. The van der Waals surface area contributed by atoms with E-state index in [9.17, 15) is 14.8 Å². The summed E-state index contributed by atoms with van der Waals surface area (Å²) in [6.45, 7) is 10.6. The number of esters is 1. The van der Waals surface area contributed by atoms with Gasteiger partial charge < -0.3 is 24.7 Å². The number of morpholine rings is 1. The summed E-state index contributed by atoms with van der Waals surface area (Å²) in [7, 11) is 1.29. The van der Waals surface area contributed by atoms with Crippen LogP contribution in [0.15, 0.2) is 47.6 Å². The standard InChI is InChI=1S/C28H33N3O6S/c1-28(2,3)23-17-21(25(38-23)27(33)35-4)29-26(32)24(30-34)20-9-10-22(19-8-6-5-7-18(19)20)37-16-13-31-11-14-36-15-12-31/h5-10,17,34H,11-16H2,1-4H3,(H,29,32). The summed E-state index contributed by atoms with van der Waals surface area (Å²) in [6.07, 6.45) is 0. The maximum atomic E-state index is 13.3. The number of ether oxygens (including phenoxy) is 3. The molecule has 2 aromatic carbocycles. The fourth-order valence-electron chi connectivity index (χ4n) is 4.21. The van der Waals surface area contributed by atoms with Crippen molar-refractivity contribution in [2.24, 2.45) is 5.16 Å². The zero-order chi connectivity index (χ0) is 27.3. The number of fused-ring (bicyclic) bond motifs is 1. The monoisotopic (exact) mass is 539 g/mol. The predicted molar refractivity (Wildman–Crippen MR) is 148 cm³/mol. The van der Waals surface area contributed by atoms with Crippen molar-refractivity contribution >= 4 is 45.4 Å². The van der Waals surface area contributed by atoms with Gasteiger partial charge in [-0.1, -0.05) is 50.2 Å². The van der Waals surface area contributed by atoms with Crippen LogP contribution >= 0.6 is 11.3 Å². The Balaban J connectivity index is 1.58. The summed E-state index contributed by atoms with van der Waals surface area (Å²) in [5.74, 6) is -0.523. The fourth-order valence-corrected chi connectivity index (χ4v) is 5.30. The van der Waals surface area contributed by atoms with Crippen LogP contribution in [0.25, 0.3) is 10.8 Å². The van der Waals surface area contributed by atoms with Gasteiger partial charge >= 0.3 is 5.97 Å². The second-order valence-corrected chi connectivity index (χ2v) is 11.0. The van der Waals surface area contributed by atoms with Gasteiger partial charge in [-0.2, -0.15) is 0 Å². The SMILES string of the molecule is COC(=O)c1sc(C(C)(C)C)cc1NC(=O)C(=NO)c1ccc(OCCN2CCOCC2)c2ccccc12. The minimum absolute atomic E-state index is 0.180. The zero-order valence-corrected chi connectivity index (χ0v) is 22.9. The van der Waals surface area contributed by atoms with Crippen molar-refractivity contribution in [2.45, 2.75) is 26.2 Å². The van der Waals surface area contributed by atoms with Gasteiger partial charge in [0.2, 0.25) is 0 Å². The summed E-state index contributed by atoms with van der Waals surface area (Å²) in [5.41, 5.74) is 0.329. The molecule has 202 valence electrons. The van der Waals surface area contributed by atoms with Gasteiger partial charge in [-0.3, -0.25) is 9.69 Å². The maximum Gasteiger partial charge on any atom is 0.350 e. The number of methoxy groups -OCH3 is 1. The van der Waals surface area contributed by atoms with Gasteiger partial charge in [-0.15, -0.1) is 11.3 Å². The van der Waals surface area contributed by atoms with Crippen molar-refractivity contribution in [1.82, 2.24) is 4.90 Å². The lowest BCUT2D eigenvalue weighted by atomic mass is 9.94. The first-order valence-corrected chi connectivity index (χ1v) is 13.3. The number of rotatable bonds is 8. The lowest BCUT2D eigenvalue weighted by Gasteiger charge is -2.26. The van der Waals surface area contributed by atoms with Crippen LogP contribution in [0.2, 0.25) is 0 Å². The van der Waals surface area contributed by atoms with Crippen LogP contribution in [0, 0.1) is 0 Å². The van der Waals surface area contributed by atoms with E-state index in [-0.39, 0.29) is 16.0 Å².